The maximum Gasteiger partial charge on any atom is 0.573 e. The van der Waals surface area contributed by atoms with E-state index in [-0.39, 0.29) is 23.6 Å². The van der Waals surface area contributed by atoms with Crippen molar-refractivity contribution in [1.29, 1.82) is 0 Å². The van der Waals surface area contributed by atoms with E-state index in [2.05, 4.69) is 14.7 Å². The van der Waals surface area contributed by atoms with Gasteiger partial charge in [-0.1, -0.05) is 18.2 Å². The first-order chi connectivity index (χ1) is 16.7. The first kappa shape index (κ1) is 22.7. The van der Waals surface area contributed by atoms with Gasteiger partial charge in [-0.3, -0.25) is 9.59 Å². The number of anilines is 1. The van der Waals surface area contributed by atoms with Crippen molar-refractivity contribution in [3.05, 3.63) is 76.5 Å². The van der Waals surface area contributed by atoms with Crippen molar-refractivity contribution in [2.24, 2.45) is 0 Å². The second-order valence-corrected chi connectivity index (χ2v) is 8.27. The van der Waals surface area contributed by atoms with E-state index in [1.54, 1.807) is 11.0 Å². The number of benzene rings is 2. The second-order valence-electron chi connectivity index (χ2n) is 8.27. The maximum absolute atomic E-state index is 13.0. The number of nitrogens with one attached hydrogen (secondary N) is 1. The zero-order valence-electron chi connectivity index (χ0n) is 18.7. The van der Waals surface area contributed by atoms with Crippen molar-refractivity contribution < 1.29 is 22.7 Å². The molecule has 2 aromatic carbocycles. The van der Waals surface area contributed by atoms with Gasteiger partial charge in [0.25, 0.3) is 5.56 Å². The lowest BCUT2D eigenvalue weighted by Crippen LogP contribution is -2.30. The number of halogens is 3. The molecule has 1 N–H and O–H groups in total. The first-order valence-corrected chi connectivity index (χ1v) is 11.1. The van der Waals surface area contributed by atoms with Gasteiger partial charge in [0.15, 0.2) is 0 Å². The molecule has 3 heterocycles. The van der Waals surface area contributed by atoms with Gasteiger partial charge in [-0.2, -0.15) is 0 Å². The number of fused-ring (bicyclic) bond motifs is 2. The number of amides is 1. The number of aryl methyl sites for hydroxylation is 1. The topological polar surface area (TPSA) is 80.2 Å². The van der Waals surface area contributed by atoms with Gasteiger partial charge in [-0.15, -0.1) is 13.2 Å². The molecule has 0 aliphatic carbocycles. The van der Waals surface area contributed by atoms with Crippen molar-refractivity contribution in [2.75, 3.05) is 11.4 Å². The van der Waals surface area contributed by atoms with Gasteiger partial charge in [0.2, 0.25) is 5.91 Å². The molecule has 35 heavy (non-hydrogen) atoms. The van der Waals surface area contributed by atoms with Gasteiger partial charge in [0.05, 0.1) is 18.1 Å². The van der Waals surface area contributed by atoms with Gasteiger partial charge in [0.1, 0.15) is 11.4 Å². The predicted octanol–water partition coefficient (Wildman–Crippen LogP) is 4.44. The third-order valence-electron chi connectivity index (χ3n) is 6.07. The van der Waals surface area contributed by atoms with Crippen LogP contribution in [-0.4, -0.2) is 33.3 Å². The second kappa shape index (κ2) is 8.61. The molecule has 10 heteroatoms. The fraction of sp³-hybridized carbons (Fsp3) is 0.240. The summed E-state index contributed by atoms with van der Waals surface area (Å²) in [6, 6.07) is 11.1. The maximum atomic E-state index is 13.0. The molecule has 7 nitrogen and oxygen atoms in total. The van der Waals surface area contributed by atoms with Crippen LogP contribution in [0, 0.1) is 0 Å². The molecule has 0 spiro atoms. The Morgan fingerprint density at radius 3 is 2.80 bits per heavy atom. The van der Waals surface area contributed by atoms with Crippen LogP contribution < -0.4 is 15.2 Å². The Bertz CT molecular complexity index is 1490. The molecular weight excluding hydrogens is 461 g/mol. The van der Waals surface area contributed by atoms with Crippen LogP contribution in [0.1, 0.15) is 18.1 Å². The van der Waals surface area contributed by atoms with Gasteiger partial charge < -0.3 is 19.2 Å². The Morgan fingerprint density at radius 2 is 2.03 bits per heavy atom. The molecule has 1 amide bonds. The molecule has 0 radical (unpaired) electrons. The van der Waals surface area contributed by atoms with Gasteiger partial charge in [0, 0.05) is 30.5 Å². The molecule has 180 valence electrons. The van der Waals surface area contributed by atoms with Crippen LogP contribution in [0.15, 0.2) is 59.8 Å². The van der Waals surface area contributed by atoms with Crippen molar-refractivity contribution in [3.63, 3.8) is 0 Å². The molecule has 0 atom stereocenters. The molecular formula is C25H21F3N4O3. The number of hydrogen-bond acceptors (Lipinski definition) is 4. The number of ether oxygens (including phenoxy) is 1. The largest absolute Gasteiger partial charge is 0.573 e. The Balaban J connectivity index is 1.41. The summed E-state index contributed by atoms with van der Waals surface area (Å²) in [7, 11) is 0. The number of aromatic amines is 1. The standard InChI is InChI=1S/C25H21F3N4O3/c1-2-31-13-19(22-23(31)29-14-30-24(22)34)16-6-7-20-17(12-16)8-9-32(20)21(33)11-15-4-3-5-18(10-15)35-25(26,27)28/h3-7,10,12-14H,2,8-9,11H2,1H3,(H,29,30,34). The van der Waals surface area contributed by atoms with E-state index in [9.17, 15) is 22.8 Å². The Labute approximate surface area is 197 Å². The number of aromatic nitrogens is 3. The summed E-state index contributed by atoms with van der Waals surface area (Å²) in [5.41, 5.74) is 4.17. The minimum Gasteiger partial charge on any atom is -0.406 e. The highest BCUT2D eigenvalue weighted by atomic mass is 19.4. The zero-order chi connectivity index (χ0) is 24.7. The fourth-order valence-electron chi connectivity index (χ4n) is 4.54. The van der Waals surface area contributed by atoms with Gasteiger partial charge in [-0.05, 0) is 54.3 Å². The van der Waals surface area contributed by atoms with Crippen LogP contribution in [0.5, 0.6) is 5.75 Å². The Kier molecular flexibility index (Phi) is 5.58. The molecule has 0 bridgehead atoms. The summed E-state index contributed by atoms with van der Waals surface area (Å²) in [6.07, 6.45) is -0.923. The first-order valence-electron chi connectivity index (χ1n) is 11.1. The molecule has 1 aliphatic heterocycles. The van der Waals surface area contributed by atoms with E-state index in [1.807, 2.05) is 35.9 Å². The third kappa shape index (κ3) is 4.39. The number of carbonyl (C=O) groups excluding carboxylic acids is 1. The van der Waals surface area contributed by atoms with Gasteiger partial charge >= 0.3 is 6.36 Å². The number of carbonyl (C=O) groups is 1. The summed E-state index contributed by atoms with van der Waals surface area (Å²) in [5, 5.41) is 0.515. The lowest BCUT2D eigenvalue weighted by atomic mass is 10.0. The molecule has 0 fully saturated rings. The van der Waals surface area contributed by atoms with Crippen molar-refractivity contribution >= 4 is 22.6 Å². The smallest absolute Gasteiger partial charge is 0.406 e. The number of alkyl halides is 3. The highest BCUT2D eigenvalue weighted by Crippen LogP contribution is 2.35. The van der Waals surface area contributed by atoms with Crippen LogP contribution in [0.4, 0.5) is 18.9 Å². The quantitative estimate of drug-likeness (QED) is 0.456. The van der Waals surface area contributed by atoms with E-state index in [0.29, 0.717) is 36.1 Å². The zero-order valence-corrected chi connectivity index (χ0v) is 18.7. The third-order valence-corrected chi connectivity index (χ3v) is 6.07. The SMILES string of the molecule is CCn1cc(-c2ccc3c(c2)CCN3C(=O)Cc2cccc(OC(F)(F)F)c2)c2c(=O)[nH]cnc21. The molecule has 0 saturated carbocycles. The van der Waals surface area contributed by atoms with Gasteiger partial charge in [-0.25, -0.2) is 4.98 Å². The van der Waals surface area contributed by atoms with E-state index in [4.69, 9.17) is 0 Å². The molecule has 1 aliphatic rings. The summed E-state index contributed by atoms with van der Waals surface area (Å²) in [4.78, 5) is 34.1. The van der Waals surface area contributed by atoms with Crippen molar-refractivity contribution in [3.8, 4) is 16.9 Å². The fourth-order valence-corrected chi connectivity index (χ4v) is 4.54. The highest BCUT2D eigenvalue weighted by molar-refractivity contribution is 5.98. The highest BCUT2D eigenvalue weighted by Gasteiger charge is 2.31. The Hall–Kier alpha value is -4.08. The normalized spacial score (nSPS) is 13.3. The van der Waals surface area contributed by atoms with Crippen molar-refractivity contribution in [2.45, 2.75) is 32.7 Å². The molecule has 0 unspecified atom stereocenters. The predicted molar refractivity (Wildman–Crippen MR) is 124 cm³/mol. The Morgan fingerprint density at radius 1 is 1.20 bits per heavy atom. The van der Waals surface area contributed by atoms with Crippen molar-refractivity contribution in [1.82, 2.24) is 14.5 Å². The van der Waals surface area contributed by atoms with E-state index in [0.717, 1.165) is 22.4 Å². The number of hydrogen-bond donors (Lipinski definition) is 1. The summed E-state index contributed by atoms with van der Waals surface area (Å²) < 4.78 is 43.4. The average molecular weight is 482 g/mol. The van der Waals surface area contributed by atoms with Crippen LogP contribution >= 0.6 is 0 Å². The lowest BCUT2D eigenvalue weighted by Gasteiger charge is -2.18. The number of H-pyrrole nitrogens is 1. The monoisotopic (exact) mass is 482 g/mol. The molecule has 2 aromatic heterocycles. The lowest BCUT2D eigenvalue weighted by molar-refractivity contribution is -0.274. The van der Waals surface area contributed by atoms with E-state index < -0.39 is 6.36 Å². The van der Waals surface area contributed by atoms with E-state index in [1.165, 1.54) is 24.5 Å². The number of rotatable bonds is 5. The minimum atomic E-state index is -4.79. The van der Waals surface area contributed by atoms with E-state index >= 15 is 0 Å². The molecule has 0 saturated heterocycles. The number of nitrogens with zero attached hydrogens (tertiary/aromatic N) is 3. The van der Waals surface area contributed by atoms with Crippen LogP contribution in [0.2, 0.25) is 0 Å². The minimum absolute atomic E-state index is 0.0543. The molecule has 4 aromatic rings. The van der Waals surface area contributed by atoms with Crippen LogP contribution in [0.3, 0.4) is 0 Å². The summed E-state index contributed by atoms with van der Waals surface area (Å²) in [5.74, 6) is -0.575. The van der Waals surface area contributed by atoms with Crippen LogP contribution in [-0.2, 0) is 24.2 Å². The average Bonchev–Trinajstić information content (AvgIpc) is 3.40. The molecule has 5 rings (SSSR count). The summed E-state index contributed by atoms with van der Waals surface area (Å²) >= 11 is 0. The summed E-state index contributed by atoms with van der Waals surface area (Å²) in [6.45, 7) is 3.10. The van der Waals surface area contributed by atoms with Crippen LogP contribution in [0.25, 0.3) is 22.2 Å².